The summed E-state index contributed by atoms with van der Waals surface area (Å²) in [6, 6.07) is 10.4. The molecule has 0 radical (unpaired) electrons. The molecule has 0 amide bonds. The normalized spacial score (nSPS) is 12.1. The van der Waals surface area contributed by atoms with Gasteiger partial charge in [-0.2, -0.15) is 0 Å². The fourth-order valence-corrected chi connectivity index (χ4v) is 2.64. The molecule has 0 bridgehead atoms. The van der Waals surface area contributed by atoms with Crippen LogP contribution in [0.25, 0.3) is 10.9 Å². The third-order valence-corrected chi connectivity index (χ3v) is 3.39. The first-order valence-electron chi connectivity index (χ1n) is 7.12. The minimum atomic E-state index is 0.212. The van der Waals surface area contributed by atoms with Crippen molar-refractivity contribution in [1.82, 2.24) is 9.88 Å². The summed E-state index contributed by atoms with van der Waals surface area (Å²) in [4.78, 5) is 6.96. The Labute approximate surface area is 122 Å². The average molecular weight is 271 g/mol. The summed E-state index contributed by atoms with van der Waals surface area (Å²) in [6.45, 7) is 8.62. The van der Waals surface area contributed by atoms with Gasteiger partial charge in [0.15, 0.2) is 0 Å². The highest BCUT2D eigenvalue weighted by atomic mass is 15.1. The number of nitrogens with zero attached hydrogens (tertiary/aromatic N) is 2. The number of fused-ring (bicyclic) bond motifs is 1. The number of hydrogen-bond donors (Lipinski definition) is 1. The first-order chi connectivity index (χ1) is 9.37. The first kappa shape index (κ1) is 14.8. The standard InChI is InChI=1S/C17H25N3/c1-13-10-14-8-6-7-9-15(14)19-16(13)18-11-17(2,3)12-20(4)5/h6-10H,11-12H2,1-5H3,(H,18,19). The summed E-state index contributed by atoms with van der Waals surface area (Å²) < 4.78 is 0. The first-order valence-corrected chi connectivity index (χ1v) is 7.12. The van der Waals surface area contributed by atoms with Gasteiger partial charge in [0, 0.05) is 18.5 Å². The highest BCUT2D eigenvalue weighted by Gasteiger charge is 2.19. The van der Waals surface area contributed by atoms with Gasteiger partial charge in [-0.05, 0) is 44.1 Å². The van der Waals surface area contributed by atoms with Gasteiger partial charge in [-0.15, -0.1) is 0 Å². The molecule has 3 heteroatoms. The van der Waals surface area contributed by atoms with Crippen LogP contribution in [0.2, 0.25) is 0 Å². The topological polar surface area (TPSA) is 28.2 Å². The van der Waals surface area contributed by atoms with E-state index in [1.165, 1.54) is 10.9 Å². The molecule has 0 saturated carbocycles. The Kier molecular flexibility index (Phi) is 4.29. The van der Waals surface area contributed by atoms with Gasteiger partial charge in [0.25, 0.3) is 0 Å². The molecule has 108 valence electrons. The monoisotopic (exact) mass is 271 g/mol. The molecule has 2 aromatic rings. The van der Waals surface area contributed by atoms with Crippen molar-refractivity contribution >= 4 is 16.7 Å². The Hall–Kier alpha value is -1.61. The van der Waals surface area contributed by atoms with Crippen LogP contribution in [0.15, 0.2) is 30.3 Å². The van der Waals surface area contributed by atoms with Crippen LogP contribution in [0.4, 0.5) is 5.82 Å². The third kappa shape index (κ3) is 3.70. The summed E-state index contributed by atoms with van der Waals surface area (Å²) in [7, 11) is 4.22. The molecule has 3 nitrogen and oxygen atoms in total. The summed E-state index contributed by atoms with van der Waals surface area (Å²) in [5, 5.41) is 4.71. The van der Waals surface area contributed by atoms with E-state index in [4.69, 9.17) is 4.98 Å². The Morgan fingerprint density at radius 3 is 2.60 bits per heavy atom. The Morgan fingerprint density at radius 1 is 1.20 bits per heavy atom. The number of benzene rings is 1. The van der Waals surface area contributed by atoms with Gasteiger partial charge in [-0.25, -0.2) is 4.98 Å². The van der Waals surface area contributed by atoms with Crippen molar-refractivity contribution in [2.24, 2.45) is 5.41 Å². The SMILES string of the molecule is Cc1cc2ccccc2nc1NCC(C)(C)CN(C)C. The third-order valence-electron chi connectivity index (χ3n) is 3.39. The summed E-state index contributed by atoms with van der Waals surface area (Å²) in [6.07, 6.45) is 0. The lowest BCUT2D eigenvalue weighted by Gasteiger charge is -2.29. The highest BCUT2D eigenvalue weighted by molar-refractivity contribution is 5.81. The molecule has 0 saturated heterocycles. The van der Waals surface area contributed by atoms with Crippen LogP contribution in [0.3, 0.4) is 0 Å². The van der Waals surface area contributed by atoms with Gasteiger partial charge in [0.1, 0.15) is 5.82 Å². The van der Waals surface area contributed by atoms with Crippen molar-refractivity contribution in [1.29, 1.82) is 0 Å². The van der Waals surface area contributed by atoms with Crippen molar-refractivity contribution in [3.8, 4) is 0 Å². The van der Waals surface area contributed by atoms with E-state index in [0.717, 1.165) is 24.4 Å². The number of para-hydroxylation sites is 1. The molecule has 0 fully saturated rings. The summed E-state index contributed by atoms with van der Waals surface area (Å²) in [5.41, 5.74) is 2.46. The van der Waals surface area contributed by atoms with Crippen LogP contribution in [0.1, 0.15) is 19.4 Å². The van der Waals surface area contributed by atoms with Crippen LogP contribution in [-0.4, -0.2) is 37.1 Å². The minimum Gasteiger partial charge on any atom is -0.369 e. The van der Waals surface area contributed by atoms with E-state index in [1.54, 1.807) is 0 Å². The molecule has 1 heterocycles. The zero-order chi connectivity index (χ0) is 14.8. The quantitative estimate of drug-likeness (QED) is 0.901. The smallest absolute Gasteiger partial charge is 0.129 e. The number of aromatic nitrogens is 1. The molecule has 20 heavy (non-hydrogen) atoms. The van der Waals surface area contributed by atoms with Crippen LogP contribution in [0.5, 0.6) is 0 Å². The van der Waals surface area contributed by atoms with Gasteiger partial charge in [0.05, 0.1) is 5.52 Å². The maximum atomic E-state index is 4.73. The van der Waals surface area contributed by atoms with E-state index in [0.29, 0.717) is 0 Å². The molecule has 2 rings (SSSR count). The second-order valence-electron chi connectivity index (χ2n) is 6.60. The van der Waals surface area contributed by atoms with Crippen molar-refractivity contribution in [3.63, 3.8) is 0 Å². The van der Waals surface area contributed by atoms with Gasteiger partial charge >= 0.3 is 0 Å². The second kappa shape index (κ2) is 5.80. The van der Waals surface area contributed by atoms with Crippen molar-refractivity contribution in [2.75, 3.05) is 32.5 Å². The molecule has 0 atom stereocenters. The minimum absolute atomic E-state index is 0.212. The molecular formula is C17H25N3. The zero-order valence-corrected chi connectivity index (χ0v) is 13.2. The van der Waals surface area contributed by atoms with E-state index in [9.17, 15) is 0 Å². The van der Waals surface area contributed by atoms with E-state index >= 15 is 0 Å². The molecule has 1 aromatic heterocycles. The van der Waals surface area contributed by atoms with Gasteiger partial charge < -0.3 is 10.2 Å². The average Bonchev–Trinajstić information content (AvgIpc) is 2.34. The predicted octanol–water partition coefficient (Wildman–Crippen LogP) is 3.54. The van der Waals surface area contributed by atoms with Crippen molar-refractivity contribution in [3.05, 3.63) is 35.9 Å². The molecule has 0 unspecified atom stereocenters. The fourth-order valence-electron chi connectivity index (χ4n) is 2.64. The largest absolute Gasteiger partial charge is 0.369 e. The molecule has 1 N–H and O–H groups in total. The highest BCUT2D eigenvalue weighted by Crippen LogP contribution is 2.22. The molecule has 0 aliphatic heterocycles. The van der Waals surface area contributed by atoms with Gasteiger partial charge in [-0.1, -0.05) is 32.0 Å². The van der Waals surface area contributed by atoms with Crippen molar-refractivity contribution in [2.45, 2.75) is 20.8 Å². The van der Waals surface area contributed by atoms with Crippen LogP contribution < -0.4 is 5.32 Å². The Balaban J connectivity index is 2.15. The molecule has 0 aliphatic rings. The number of pyridine rings is 1. The maximum Gasteiger partial charge on any atom is 0.129 e. The fraction of sp³-hybridized carbons (Fsp3) is 0.471. The lowest BCUT2D eigenvalue weighted by Crippen LogP contribution is -2.34. The number of anilines is 1. The maximum absolute atomic E-state index is 4.73. The van der Waals surface area contributed by atoms with Crippen LogP contribution >= 0.6 is 0 Å². The molecule has 1 aromatic carbocycles. The molecular weight excluding hydrogens is 246 g/mol. The van der Waals surface area contributed by atoms with Gasteiger partial charge in [0.2, 0.25) is 0 Å². The molecule has 0 spiro atoms. The second-order valence-corrected chi connectivity index (χ2v) is 6.60. The zero-order valence-electron chi connectivity index (χ0n) is 13.2. The lowest BCUT2D eigenvalue weighted by atomic mass is 9.93. The van der Waals surface area contributed by atoms with Crippen LogP contribution in [-0.2, 0) is 0 Å². The van der Waals surface area contributed by atoms with E-state index in [2.05, 4.69) is 69.3 Å². The predicted molar refractivity (Wildman–Crippen MR) is 87.3 cm³/mol. The number of rotatable bonds is 5. The van der Waals surface area contributed by atoms with E-state index in [-0.39, 0.29) is 5.41 Å². The summed E-state index contributed by atoms with van der Waals surface area (Å²) >= 11 is 0. The number of hydrogen-bond acceptors (Lipinski definition) is 3. The Bertz CT molecular complexity index is 588. The summed E-state index contributed by atoms with van der Waals surface area (Å²) in [5.74, 6) is 0.996. The Morgan fingerprint density at radius 2 is 1.90 bits per heavy atom. The van der Waals surface area contributed by atoms with Gasteiger partial charge in [-0.3, -0.25) is 0 Å². The number of nitrogens with one attached hydrogen (secondary N) is 1. The van der Waals surface area contributed by atoms with Crippen molar-refractivity contribution < 1.29 is 0 Å². The van der Waals surface area contributed by atoms with E-state index < -0.39 is 0 Å². The van der Waals surface area contributed by atoms with E-state index in [1.807, 2.05) is 6.07 Å². The lowest BCUT2D eigenvalue weighted by molar-refractivity contribution is 0.254. The number of aryl methyl sites for hydroxylation is 1. The van der Waals surface area contributed by atoms with Crippen LogP contribution in [0, 0.1) is 12.3 Å². The molecule has 0 aliphatic carbocycles.